The Morgan fingerprint density at radius 1 is 1.47 bits per heavy atom. The van der Waals surface area contributed by atoms with E-state index in [2.05, 4.69) is 22.1 Å². The number of hydroxylamine groups is 1. The van der Waals surface area contributed by atoms with Crippen LogP contribution in [0.25, 0.3) is 0 Å². The summed E-state index contributed by atoms with van der Waals surface area (Å²) >= 11 is 0. The van der Waals surface area contributed by atoms with Gasteiger partial charge in [0.25, 0.3) is 0 Å². The summed E-state index contributed by atoms with van der Waals surface area (Å²) in [7, 11) is 2.03. The van der Waals surface area contributed by atoms with Gasteiger partial charge in [-0.2, -0.15) is 0 Å². The third-order valence-electron chi connectivity index (χ3n) is 2.89. The smallest absolute Gasteiger partial charge is 0.341 e. The Hall–Kier alpha value is -1.34. The van der Waals surface area contributed by atoms with Gasteiger partial charge in [-0.3, -0.25) is 9.74 Å². The number of carbonyl (C=O) groups is 2. The quantitative estimate of drug-likeness (QED) is 0.667. The van der Waals surface area contributed by atoms with Crippen LogP contribution in [0.15, 0.2) is 0 Å². The first-order chi connectivity index (χ1) is 8.04. The number of carboxylic acid groups (broad SMARTS) is 1. The van der Waals surface area contributed by atoms with E-state index in [1.54, 1.807) is 4.90 Å². The molecule has 1 heterocycles. The first-order valence-corrected chi connectivity index (χ1v) is 5.63. The van der Waals surface area contributed by atoms with E-state index in [4.69, 9.17) is 5.11 Å². The van der Waals surface area contributed by atoms with Crippen LogP contribution in [0, 0.1) is 0 Å². The fourth-order valence-corrected chi connectivity index (χ4v) is 1.80. The number of nitrogens with one attached hydrogen (secondary N) is 1. The zero-order valence-corrected chi connectivity index (χ0v) is 10.2. The molecule has 1 aliphatic rings. The molecule has 0 aromatic rings. The van der Waals surface area contributed by atoms with E-state index in [-0.39, 0.29) is 6.03 Å². The topological polar surface area (TPSA) is 82.1 Å². The van der Waals surface area contributed by atoms with Crippen LogP contribution in [-0.2, 0) is 9.63 Å². The van der Waals surface area contributed by atoms with Gasteiger partial charge < -0.3 is 10.0 Å². The van der Waals surface area contributed by atoms with Crippen molar-refractivity contribution >= 4 is 12.0 Å². The van der Waals surface area contributed by atoms with Gasteiger partial charge in [-0.15, -0.1) is 0 Å². The molecule has 1 atom stereocenters. The van der Waals surface area contributed by atoms with Crippen LogP contribution in [0.1, 0.15) is 13.3 Å². The van der Waals surface area contributed by atoms with Crippen molar-refractivity contribution in [1.82, 2.24) is 15.3 Å². The summed E-state index contributed by atoms with van der Waals surface area (Å²) in [6.07, 6.45) is 0.969. The molecule has 1 aliphatic heterocycles. The molecule has 7 nitrogen and oxygen atoms in total. The molecule has 98 valence electrons. The third kappa shape index (κ3) is 4.20. The van der Waals surface area contributed by atoms with E-state index < -0.39 is 12.6 Å². The molecule has 7 heteroatoms. The lowest BCUT2D eigenvalue weighted by Crippen LogP contribution is -2.55. The van der Waals surface area contributed by atoms with Crippen molar-refractivity contribution in [2.45, 2.75) is 19.4 Å². The molecule has 17 heavy (non-hydrogen) atoms. The Bertz CT molecular complexity index is 285. The molecular formula is C10H19N3O4. The Balaban J connectivity index is 2.34. The number of hydrogen-bond donors (Lipinski definition) is 2. The number of aliphatic carboxylic acids is 1. The zero-order valence-electron chi connectivity index (χ0n) is 10.2. The first-order valence-electron chi connectivity index (χ1n) is 5.63. The average Bonchev–Trinajstić information content (AvgIpc) is 2.29. The first kappa shape index (κ1) is 13.7. The van der Waals surface area contributed by atoms with Crippen molar-refractivity contribution in [3.63, 3.8) is 0 Å². The molecule has 1 rings (SSSR count). The number of likely N-dealkylation sites (N-methyl/N-ethyl adjacent to an activating group) is 1. The maximum absolute atomic E-state index is 11.6. The van der Waals surface area contributed by atoms with Crippen molar-refractivity contribution in [2.75, 3.05) is 33.3 Å². The molecule has 0 aromatic heterocycles. The van der Waals surface area contributed by atoms with Crippen LogP contribution in [0.2, 0.25) is 0 Å². The van der Waals surface area contributed by atoms with Crippen LogP contribution in [-0.4, -0.2) is 66.2 Å². The van der Waals surface area contributed by atoms with Gasteiger partial charge in [0.15, 0.2) is 6.61 Å². The van der Waals surface area contributed by atoms with Crippen molar-refractivity contribution < 1.29 is 19.5 Å². The second-order valence-corrected chi connectivity index (χ2v) is 4.08. The standard InChI is InChI=1S/C10H19N3O4/c1-3-8-6-13(5-4-12(8)2)10(16)11-17-7-9(14)15/h8H,3-7H2,1-2H3,(H,11,16)(H,14,15). The van der Waals surface area contributed by atoms with E-state index >= 15 is 0 Å². The van der Waals surface area contributed by atoms with Gasteiger partial charge in [0, 0.05) is 25.7 Å². The minimum atomic E-state index is -1.12. The largest absolute Gasteiger partial charge is 0.479 e. The SMILES string of the molecule is CCC1CN(C(=O)NOCC(=O)O)CCN1C. The third-order valence-corrected chi connectivity index (χ3v) is 2.89. The number of carbonyl (C=O) groups excluding carboxylic acids is 1. The molecule has 0 saturated carbocycles. The van der Waals surface area contributed by atoms with E-state index in [1.165, 1.54) is 0 Å². The Labute approximate surface area is 100 Å². The second kappa shape index (κ2) is 6.41. The summed E-state index contributed by atoms with van der Waals surface area (Å²) in [5.41, 5.74) is 2.13. The lowest BCUT2D eigenvalue weighted by atomic mass is 10.1. The number of carboxylic acids is 1. The molecule has 0 bridgehead atoms. The van der Waals surface area contributed by atoms with Crippen LogP contribution < -0.4 is 5.48 Å². The number of nitrogens with zero attached hydrogens (tertiary/aromatic N) is 2. The summed E-state index contributed by atoms with van der Waals surface area (Å²) in [4.78, 5) is 30.2. The summed E-state index contributed by atoms with van der Waals surface area (Å²) in [6, 6.07) is -0.0354. The maximum atomic E-state index is 11.6. The van der Waals surface area contributed by atoms with Gasteiger partial charge in [-0.25, -0.2) is 15.1 Å². The number of hydrogen-bond acceptors (Lipinski definition) is 4. The fourth-order valence-electron chi connectivity index (χ4n) is 1.80. The van der Waals surface area contributed by atoms with Crippen LogP contribution in [0.3, 0.4) is 0 Å². The lowest BCUT2D eigenvalue weighted by Gasteiger charge is -2.38. The monoisotopic (exact) mass is 245 g/mol. The summed E-state index contributed by atoms with van der Waals surface area (Å²) < 4.78 is 0. The molecule has 2 amide bonds. The highest BCUT2D eigenvalue weighted by molar-refractivity contribution is 5.74. The minimum absolute atomic E-state index is 0.342. The minimum Gasteiger partial charge on any atom is -0.479 e. The van der Waals surface area contributed by atoms with Crippen LogP contribution in [0.5, 0.6) is 0 Å². The average molecular weight is 245 g/mol. The maximum Gasteiger partial charge on any atom is 0.341 e. The Morgan fingerprint density at radius 2 is 2.18 bits per heavy atom. The van der Waals surface area contributed by atoms with Gasteiger partial charge in [0.05, 0.1) is 0 Å². The second-order valence-electron chi connectivity index (χ2n) is 4.08. The van der Waals surface area contributed by atoms with Gasteiger partial charge in [0.2, 0.25) is 0 Å². The zero-order chi connectivity index (χ0) is 12.8. The molecule has 0 spiro atoms. The Morgan fingerprint density at radius 3 is 2.76 bits per heavy atom. The van der Waals surface area contributed by atoms with Crippen molar-refractivity contribution in [3.8, 4) is 0 Å². The van der Waals surface area contributed by atoms with E-state index in [0.717, 1.165) is 13.0 Å². The molecule has 0 aliphatic carbocycles. The van der Waals surface area contributed by atoms with Gasteiger partial charge in [-0.05, 0) is 13.5 Å². The summed E-state index contributed by atoms with van der Waals surface area (Å²) in [6.45, 7) is 3.61. The van der Waals surface area contributed by atoms with E-state index in [0.29, 0.717) is 19.1 Å². The normalized spacial score (nSPS) is 21.3. The van der Waals surface area contributed by atoms with E-state index in [1.807, 2.05) is 7.05 Å². The highest BCUT2D eigenvalue weighted by Crippen LogP contribution is 2.10. The van der Waals surface area contributed by atoms with Gasteiger partial charge in [-0.1, -0.05) is 6.92 Å². The molecule has 1 unspecified atom stereocenters. The Kier molecular flexibility index (Phi) is 5.17. The summed E-state index contributed by atoms with van der Waals surface area (Å²) in [5, 5.41) is 8.35. The van der Waals surface area contributed by atoms with Crippen molar-refractivity contribution in [3.05, 3.63) is 0 Å². The molecule has 1 fully saturated rings. The van der Waals surface area contributed by atoms with Crippen molar-refractivity contribution in [1.29, 1.82) is 0 Å². The predicted molar refractivity (Wildman–Crippen MR) is 60.4 cm³/mol. The van der Waals surface area contributed by atoms with Gasteiger partial charge in [0.1, 0.15) is 0 Å². The van der Waals surface area contributed by atoms with Crippen LogP contribution >= 0.6 is 0 Å². The highest BCUT2D eigenvalue weighted by atomic mass is 16.7. The molecule has 2 N–H and O–H groups in total. The van der Waals surface area contributed by atoms with Gasteiger partial charge >= 0.3 is 12.0 Å². The lowest BCUT2D eigenvalue weighted by molar-refractivity contribution is -0.144. The molecule has 0 radical (unpaired) electrons. The number of rotatable bonds is 4. The van der Waals surface area contributed by atoms with Crippen molar-refractivity contribution in [2.24, 2.45) is 0 Å². The molecule has 0 aromatic carbocycles. The van der Waals surface area contributed by atoms with Crippen LogP contribution in [0.4, 0.5) is 4.79 Å². The molecular weight excluding hydrogens is 226 g/mol. The highest BCUT2D eigenvalue weighted by Gasteiger charge is 2.26. The fraction of sp³-hybridized carbons (Fsp3) is 0.800. The summed E-state index contributed by atoms with van der Waals surface area (Å²) in [5.74, 6) is -1.12. The number of urea groups is 1. The predicted octanol–water partition coefficient (Wildman–Crippen LogP) is -0.262. The van der Waals surface area contributed by atoms with E-state index in [9.17, 15) is 9.59 Å². The number of amides is 2. The molecule has 1 saturated heterocycles. The number of piperazine rings is 1.